The van der Waals surface area contributed by atoms with E-state index in [1.807, 2.05) is 11.8 Å². The van der Waals surface area contributed by atoms with Crippen molar-refractivity contribution in [1.82, 2.24) is 24.7 Å². The first kappa shape index (κ1) is 26.0. The molecule has 1 atom stereocenters. The molecule has 0 radical (unpaired) electrons. The molecule has 1 aromatic carbocycles. The topological polar surface area (TPSA) is 120 Å². The van der Waals surface area contributed by atoms with Gasteiger partial charge in [0.15, 0.2) is 0 Å². The number of carbonyl (C=O) groups is 3. The Bertz CT molecular complexity index is 1120. The van der Waals surface area contributed by atoms with Crippen molar-refractivity contribution < 1.29 is 19.5 Å². The number of piperidine rings is 1. The van der Waals surface area contributed by atoms with Crippen molar-refractivity contribution in [2.24, 2.45) is 0 Å². The number of fused-ring (bicyclic) bond motifs is 1. The SMILES string of the molecule is CCC(O)(CC)C(NC(=O)Nc1ccc(Cl)cc1)C(=O)N1CCC(N2Cc3cnc(C)n3C2=O)CC1. The molecule has 3 heterocycles. The minimum atomic E-state index is -1.40. The van der Waals surface area contributed by atoms with E-state index in [0.29, 0.717) is 61.9 Å². The molecule has 0 spiro atoms. The minimum absolute atomic E-state index is 0.0108. The van der Waals surface area contributed by atoms with Crippen LogP contribution >= 0.6 is 11.6 Å². The van der Waals surface area contributed by atoms with E-state index in [2.05, 4.69) is 15.6 Å². The van der Waals surface area contributed by atoms with E-state index in [0.717, 1.165) is 5.69 Å². The molecule has 2 aromatic rings. The molecule has 2 aliphatic heterocycles. The third kappa shape index (κ3) is 5.05. The second kappa shape index (κ2) is 10.5. The van der Waals surface area contributed by atoms with Crippen LogP contribution in [0.5, 0.6) is 0 Å². The van der Waals surface area contributed by atoms with Gasteiger partial charge in [0.05, 0.1) is 24.0 Å². The van der Waals surface area contributed by atoms with Gasteiger partial charge in [0.25, 0.3) is 0 Å². The average molecular weight is 517 g/mol. The molecule has 194 valence electrons. The molecular formula is C25H33ClN6O4. The van der Waals surface area contributed by atoms with Gasteiger partial charge in [0, 0.05) is 29.8 Å². The summed E-state index contributed by atoms with van der Waals surface area (Å²) >= 11 is 5.90. The summed E-state index contributed by atoms with van der Waals surface area (Å²) in [6.07, 6.45) is 3.56. The van der Waals surface area contributed by atoms with Gasteiger partial charge in [-0.15, -0.1) is 0 Å². The smallest absolute Gasteiger partial charge is 0.330 e. The highest BCUT2D eigenvalue weighted by Gasteiger charge is 2.43. The summed E-state index contributed by atoms with van der Waals surface area (Å²) < 4.78 is 1.64. The average Bonchev–Trinajstić information content (AvgIpc) is 3.42. The van der Waals surface area contributed by atoms with Crippen molar-refractivity contribution in [2.45, 2.75) is 70.7 Å². The van der Waals surface area contributed by atoms with Crippen molar-refractivity contribution in [3.63, 3.8) is 0 Å². The molecular weight excluding hydrogens is 484 g/mol. The van der Waals surface area contributed by atoms with Crippen molar-refractivity contribution in [3.8, 4) is 0 Å². The summed E-state index contributed by atoms with van der Waals surface area (Å²) in [5.74, 6) is 0.347. The number of nitrogens with zero attached hydrogens (tertiary/aromatic N) is 4. The van der Waals surface area contributed by atoms with Crippen molar-refractivity contribution in [1.29, 1.82) is 0 Å². The largest absolute Gasteiger partial charge is 0.387 e. The lowest BCUT2D eigenvalue weighted by atomic mass is 9.87. The Morgan fingerprint density at radius 1 is 1.19 bits per heavy atom. The molecule has 1 fully saturated rings. The Labute approximate surface area is 215 Å². The van der Waals surface area contributed by atoms with Gasteiger partial charge >= 0.3 is 12.1 Å². The maximum absolute atomic E-state index is 13.6. The molecule has 3 N–H and O–H groups in total. The number of anilines is 1. The van der Waals surface area contributed by atoms with Gasteiger partial charge in [0.1, 0.15) is 11.9 Å². The number of aliphatic hydroxyl groups is 1. The van der Waals surface area contributed by atoms with E-state index in [-0.39, 0.29) is 18.0 Å². The monoisotopic (exact) mass is 516 g/mol. The Kier molecular flexibility index (Phi) is 7.56. The normalized spacial score (nSPS) is 17.2. The van der Waals surface area contributed by atoms with E-state index in [1.165, 1.54) is 0 Å². The molecule has 1 saturated heterocycles. The highest BCUT2D eigenvalue weighted by Crippen LogP contribution is 2.28. The minimum Gasteiger partial charge on any atom is -0.387 e. The predicted octanol–water partition coefficient (Wildman–Crippen LogP) is 3.36. The lowest BCUT2D eigenvalue weighted by molar-refractivity contribution is -0.142. The van der Waals surface area contributed by atoms with Crippen LogP contribution in [0.3, 0.4) is 0 Å². The second-order valence-corrected chi connectivity index (χ2v) is 9.88. The Morgan fingerprint density at radius 3 is 2.42 bits per heavy atom. The molecule has 1 aromatic heterocycles. The van der Waals surface area contributed by atoms with E-state index in [4.69, 9.17) is 11.6 Å². The van der Waals surface area contributed by atoms with Crippen LogP contribution in [-0.4, -0.2) is 73.2 Å². The zero-order valence-corrected chi connectivity index (χ0v) is 21.6. The number of nitrogens with one attached hydrogen (secondary N) is 2. The number of hydrogen-bond donors (Lipinski definition) is 3. The summed E-state index contributed by atoms with van der Waals surface area (Å²) in [5.41, 5.74) is -0.000825. The highest BCUT2D eigenvalue weighted by atomic mass is 35.5. The summed E-state index contributed by atoms with van der Waals surface area (Å²) in [7, 11) is 0. The number of benzene rings is 1. The molecule has 4 rings (SSSR count). The molecule has 0 saturated carbocycles. The zero-order valence-electron chi connectivity index (χ0n) is 20.8. The number of likely N-dealkylation sites (tertiary alicyclic amines) is 1. The molecule has 36 heavy (non-hydrogen) atoms. The number of halogens is 1. The molecule has 4 amide bonds. The number of aryl methyl sites for hydroxylation is 1. The van der Waals surface area contributed by atoms with Gasteiger partial charge in [-0.2, -0.15) is 0 Å². The van der Waals surface area contributed by atoms with Crippen LogP contribution in [-0.2, 0) is 11.3 Å². The molecule has 10 nitrogen and oxygen atoms in total. The molecule has 2 aliphatic rings. The first-order valence-electron chi connectivity index (χ1n) is 12.3. The fourth-order valence-electron chi connectivity index (χ4n) is 5.02. The highest BCUT2D eigenvalue weighted by molar-refractivity contribution is 6.30. The standard InChI is InChI=1S/C25H33ClN6O4/c1-4-25(36,5-2)21(29-23(34)28-18-8-6-17(26)7-9-18)22(33)30-12-10-19(11-13-30)31-15-20-14-27-16(3)32(20)24(31)35/h6-9,14,19,21,36H,4-5,10-13,15H2,1-3H3,(H2,28,29,34). The molecule has 11 heteroatoms. The van der Waals surface area contributed by atoms with Crippen molar-refractivity contribution >= 4 is 35.3 Å². The van der Waals surface area contributed by atoms with E-state index in [9.17, 15) is 19.5 Å². The van der Waals surface area contributed by atoms with Gasteiger partial charge in [-0.25, -0.2) is 14.6 Å². The number of rotatable bonds is 7. The third-order valence-corrected chi connectivity index (χ3v) is 7.64. The van der Waals surface area contributed by atoms with Gasteiger partial charge in [0.2, 0.25) is 5.91 Å². The number of carbonyl (C=O) groups excluding carboxylic acids is 3. The lowest BCUT2D eigenvalue weighted by Crippen LogP contribution is -2.62. The maximum atomic E-state index is 13.6. The Morgan fingerprint density at radius 2 is 1.83 bits per heavy atom. The van der Waals surface area contributed by atoms with Crippen LogP contribution < -0.4 is 10.6 Å². The Hall–Kier alpha value is -3.11. The van der Waals surface area contributed by atoms with Crippen LogP contribution in [0.2, 0.25) is 5.02 Å². The predicted molar refractivity (Wildman–Crippen MR) is 136 cm³/mol. The molecule has 0 aliphatic carbocycles. The molecule has 0 bridgehead atoms. The number of imidazole rings is 1. The first-order chi connectivity index (χ1) is 17.2. The number of aromatic nitrogens is 2. The third-order valence-electron chi connectivity index (χ3n) is 7.38. The van der Waals surface area contributed by atoms with Crippen LogP contribution in [0.15, 0.2) is 30.5 Å². The van der Waals surface area contributed by atoms with Crippen LogP contribution in [0.4, 0.5) is 15.3 Å². The van der Waals surface area contributed by atoms with E-state index >= 15 is 0 Å². The van der Waals surface area contributed by atoms with Crippen LogP contribution in [0.25, 0.3) is 0 Å². The summed E-state index contributed by atoms with van der Waals surface area (Å²) in [5, 5.41) is 17.2. The van der Waals surface area contributed by atoms with Gasteiger partial charge in [-0.05, 0) is 56.9 Å². The van der Waals surface area contributed by atoms with E-state index < -0.39 is 17.7 Å². The Balaban J connectivity index is 1.41. The fraction of sp³-hybridized carbons (Fsp3) is 0.520. The summed E-state index contributed by atoms with van der Waals surface area (Å²) in [4.78, 5) is 46.9. The van der Waals surface area contributed by atoms with Gasteiger partial charge < -0.3 is 25.5 Å². The quantitative estimate of drug-likeness (QED) is 0.521. The van der Waals surface area contributed by atoms with Crippen molar-refractivity contribution in [3.05, 3.63) is 47.0 Å². The van der Waals surface area contributed by atoms with Gasteiger partial charge in [-0.3, -0.25) is 9.36 Å². The number of urea groups is 1. The van der Waals surface area contributed by atoms with Gasteiger partial charge in [-0.1, -0.05) is 25.4 Å². The first-order valence-corrected chi connectivity index (χ1v) is 12.7. The zero-order chi connectivity index (χ0) is 26.0. The van der Waals surface area contributed by atoms with E-state index in [1.54, 1.807) is 53.8 Å². The van der Waals surface area contributed by atoms with Crippen LogP contribution in [0.1, 0.15) is 51.0 Å². The number of amides is 4. The summed E-state index contributed by atoms with van der Waals surface area (Å²) in [6, 6.07) is 4.85. The maximum Gasteiger partial charge on any atom is 0.330 e. The fourth-order valence-corrected chi connectivity index (χ4v) is 5.14. The van der Waals surface area contributed by atoms with Crippen molar-refractivity contribution in [2.75, 3.05) is 18.4 Å². The number of hydrogen-bond acceptors (Lipinski definition) is 5. The lowest BCUT2D eigenvalue weighted by Gasteiger charge is -2.41. The summed E-state index contributed by atoms with van der Waals surface area (Å²) in [6.45, 7) is 6.77. The second-order valence-electron chi connectivity index (χ2n) is 9.45. The van der Waals surface area contributed by atoms with Crippen LogP contribution in [0, 0.1) is 6.92 Å². The molecule has 1 unspecified atom stereocenters.